The molecule has 3 aromatic rings. The van der Waals surface area contributed by atoms with Crippen LogP contribution >= 0.6 is 0 Å². The quantitative estimate of drug-likeness (QED) is 0.265. The second-order valence-electron chi connectivity index (χ2n) is 9.15. The van der Waals surface area contributed by atoms with E-state index in [-0.39, 0.29) is 6.61 Å². The number of ether oxygens (including phenoxy) is 1. The van der Waals surface area contributed by atoms with Crippen LogP contribution in [0.4, 0.5) is 5.69 Å². The minimum atomic E-state index is -0.446. The van der Waals surface area contributed by atoms with Crippen molar-refractivity contribution >= 4 is 35.1 Å². The fraction of sp³-hybridized carbons (Fsp3) is 0.276. The zero-order chi connectivity index (χ0) is 25.3. The molecule has 0 N–H and O–H groups in total. The summed E-state index contributed by atoms with van der Waals surface area (Å²) in [4.78, 5) is 40.3. The Morgan fingerprint density at radius 2 is 1.63 bits per heavy atom. The van der Waals surface area contributed by atoms with Crippen LogP contribution in [-0.2, 0) is 16.1 Å². The third kappa shape index (κ3) is 4.56. The number of hydrogen-bond acceptors (Lipinski definition) is 4. The normalized spacial score (nSPS) is 14.6. The van der Waals surface area contributed by atoms with Crippen molar-refractivity contribution in [3.8, 4) is 0 Å². The number of aryl methyl sites for hydroxylation is 1. The second-order valence-corrected chi connectivity index (χ2v) is 9.15. The third-order valence-corrected chi connectivity index (χ3v) is 6.18. The first-order chi connectivity index (χ1) is 16.7. The van der Waals surface area contributed by atoms with E-state index in [0.29, 0.717) is 33.9 Å². The lowest BCUT2D eigenvalue weighted by Gasteiger charge is -2.28. The average Bonchev–Trinajstić information content (AvgIpc) is 3.09. The van der Waals surface area contributed by atoms with Gasteiger partial charge in [-0.05, 0) is 80.3 Å². The number of carbonyl (C=O) groups excluding carboxylic acids is 3. The van der Waals surface area contributed by atoms with Gasteiger partial charge >= 0.3 is 5.97 Å². The van der Waals surface area contributed by atoms with Crippen LogP contribution in [0.2, 0.25) is 0 Å². The molecule has 0 unspecified atom stereocenters. The first-order valence-electron chi connectivity index (χ1n) is 11.9. The summed E-state index contributed by atoms with van der Waals surface area (Å²) in [5, 5.41) is 0. The molecule has 6 heteroatoms. The molecule has 35 heavy (non-hydrogen) atoms. The molecule has 0 aliphatic carbocycles. The van der Waals surface area contributed by atoms with Crippen molar-refractivity contribution in [2.75, 3.05) is 11.5 Å². The van der Waals surface area contributed by atoms with Crippen LogP contribution < -0.4 is 4.90 Å². The lowest BCUT2D eigenvalue weighted by molar-refractivity contribution is -0.112. The Labute approximate surface area is 205 Å². The van der Waals surface area contributed by atoms with E-state index in [1.165, 1.54) is 4.90 Å². The standard InChI is InChI=1S/C29H30N2O4/c1-6-35-29(34)21-11-13-23(14-12-21)31-27(32)25-10-8-7-9-24(25)26(28(31)33)16-22-15-19(4)30(20(22)5)17-18(2)3/h7-16,18H,6,17H2,1-5H3. The molecule has 0 bridgehead atoms. The molecule has 0 radical (unpaired) electrons. The predicted octanol–water partition coefficient (Wildman–Crippen LogP) is 5.67. The molecule has 0 fully saturated rings. The Balaban J connectivity index is 1.80. The summed E-state index contributed by atoms with van der Waals surface area (Å²) in [6.45, 7) is 11.4. The highest BCUT2D eigenvalue weighted by atomic mass is 16.5. The maximum Gasteiger partial charge on any atom is 0.338 e. The van der Waals surface area contributed by atoms with Crippen LogP contribution in [0.1, 0.15) is 64.0 Å². The molecule has 0 saturated heterocycles. The van der Waals surface area contributed by atoms with Gasteiger partial charge in [0.15, 0.2) is 0 Å². The number of hydrogen-bond donors (Lipinski definition) is 0. The second kappa shape index (κ2) is 9.74. The molecule has 1 aliphatic heterocycles. The van der Waals surface area contributed by atoms with Crippen molar-refractivity contribution in [2.45, 2.75) is 41.2 Å². The summed E-state index contributed by atoms with van der Waals surface area (Å²) in [7, 11) is 0. The Morgan fingerprint density at radius 1 is 0.971 bits per heavy atom. The van der Waals surface area contributed by atoms with Gasteiger partial charge in [-0.3, -0.25) is 9.59 Å². The average molecular weight is 471 g/mol. The summed E-state index contributed by atoms with van der Waals surface area (Å²) < 4.78 is 7.29. The van der Waals surface area contributed by atoms with Gasteiger partial charge in [0.05, 0.1) is 17.9 Å². The Hall–Kier alpha value is -3.93. The zero-order valence-electron chi connectivity index (χ0n) is 20.8. The molecule has 4 rings (SSSR count). The number of benzene rings is 2. The van der Waals surface area contributed by atoms with Crippen LogP contribution in [0.15, 0.2) is 54.6 Å². The molecular formula is C29H30N2O4. The minimum Gasteiger partial charge on any atom is -0.462 e. The Bertz CT molecular complexity index is 1330. The summed E-state index contributed by atoms with van der Waals surface area (Å²) in [6, 6.07) is 15.6. The van der Waals surface area contributed by atoms with E-state index >= 15 is 0 Å². The summed E-state index contributed by atoms with van der Waals surface area (Å²) in [5.41, 5.74) is 5.46. The van der Waals surface area contributed by atoms with E-state index in [0.717, 1.165) is 23.5 Å². The Kier molecular flexibility index (Phi) is 6.74. The smallest absolute Gasteiger partial charge is 0.338 e. The van der Waals surface area contributed by atoms with Crippen molar-refractivity contribution < 1.29 is 19.1 Å². The topological polar surface area (TPSA) is 68.6 Å². The molecule has 0 atom stereocenters. The van der Waals surface area contributed by atoms with Gasteiger partial charge in [0.25, 0.3) is 11.8 Å². The van der Waals surface area contributed by atoms with E-state index < -0.39 is 17.8 Å². The van der Waals surface area contributed by atoms with E-state index in [2.05, 4.69) is 38.3 Å². The van der Waals surface area contributed by atoms with Crippen molar-refractivity contribution in [3.63, 3.8) is 0 Å². The highest BCUT2D eigenvalue weighted by Gasteiger charge is 2.36. The summed E-state index contributed by atoms with van der Waals surface area (Å²) >= 11 is 0. The fourth-order valence-electron chi connectivity index (χ4n) is 4.46. The molecule has 1 aromatic heterocycles. The van der Waals surface area contributed by atoms with E-state index in [4.69, 9.17) is 4.74 Å². The fourth-order valence-corrected chi connectivity index (χ4v) is 4.46. The van der Waals surface area contributed by atoms with Crippen LogP contribution in [0.5, 0.6) is 0 Å². The van der Waals surface area contributed by atoms with Crippen LogP contribution in [0.25, 0.3) is 11.6 Å². The summed E-state index contributed by atoms with van der Waals surface area (Å²) in [5.74, 6) is -0.746. The molecule has 2 amide bonds. The Morgan fingerprint density at radius 3 is 2.26 bits per heavy atom. The molecule has 2 heterocycles. The molecule has 0 spiro atoms. The molecule has 2 aromatic carbocycles. The van der Waals surface area contributed by atoms with Gasteiger partial charge < -0.3 is 9.30 Å². The molecule has 1 aliphatic rings. The number of nitrogens with zero attached hydrogens (tertiary/aromatic N) is 2. The highest BCUT2D eigenvalue weighted by molar-refractivity contribution is 6.43. The van der Waals surface area contributed by atoms with E-state index in [1.807, 2.05) is 18.2 Å². The van der Waals surface area contributed by atoms with Crippen molar-refractivity contribution in [3.05, 3.63) is 88.2 Å². The highest BCUT2D eigenvalue weighted by Crippen LogP contribution is 2.34. The van der Waals surface area contributed by atoms with Crippen molar-refractivity contribution in [1.82, 2.24) is 4.57 Å². The number of carbonyl (C=O) groups is 3. The predicted molar refractivity (Wildman–Crippen MR) is 137 cm³/mol. The van der Waals surface area contributed by atoms with Gasteiger partial charge in [-0.1, -0.05) is 32.0 Å². The SMILES string of the molecule is CCOC(=O)c1ccc(N2C(=O)C(=Cc3cc(C)n(CC(C)C)c3C)c3ccccc3C2=O)cc1. The number of imide groups is 1. The van der Waals surface area contributed by atoms with Gasteiger partial charge in [0, 0.05) is 29.1 Å². The van der Waals surface area contributed by atoms with Crippen molar-refractivity contribution in [2.24, 2.45) is 5.92 Å². The zero-order valence-corrected chi connectivity index (χ0v) is 20.8. The molecular weight excluding hydrogens is 440 g/mol. The number of amides is 2. The van der Waals surface area contributed by atoms with Gasteiger partial charge in [-0.2, -0.15) is 0 Å². The van der Waals surface area contributed by atoms with Gasteiger partial charge in [0.2, 0.25) is 0 Å². The number of rotatable bonds is 6. The van der Waals surface area contributed by atoms with E-state index in [9.17, 15) is 14.4 Å². The first kappa shape index (κ1) is 24.2. The van der Waals surface area contributed by atoms with E-state index in [1.54, 1.807) is 43.3 Å². The lowest BCUT2D eigenvalue weighted by atomic mass is 9.91. The number of esters is 1. The van der Waals surface area contributed by atoms with Crippen LogP contribution in [0, 0.1) is 19.8 Å². The van der Waals surface area contributed by atoms with Gasteiger partial charge in [0.1, 0.15) is 0 Å². The summed E-state index contributed by atoms with van der Waals surface area (Å²) in [6.07, 6.45) is 1.88. The molecule has 6 nitrogen and oxygen atoms in total. The van der Waals surface area contributed by atoms with Crippen LogP contribution in [0.3, 0.4) is 0 Å². The lowest BCUT2D eigenvalue weighted by Crippen LogP contribution is -2.41. The third-order valence-electron chi connectivity index (χ3n) is 6.18. The number of fused-ring (bicyclic) bond motifs is 1. The maximum absolute atomic E-state index is 13.7. The first-order valence-corrected chi connectivity index (χ1v) is 11.9. The monoisotopic (exact) mass is 470 g/mol. The molecule has 180 valence electrons. The van der Waals surface area contributed by atoms with Gasteiger partial charge in [-0.15, -0.1) is 0 Å². The number of aromatic nitrogens is 1. The largest absolute Gasteiger partial charge is 0.462 e. The minimum absolute atomic E-state index is 0.270. The maximum atomic E-state index is 13.7. The van der Waals surface area contributed by atoms with Crippen LogP contribution in [-0.4, -0.2) is 29.0 Å². The molecule has 0 saturated carbocycles. The van der Waals surface area contributed by atoms with Gasteiger partial charge in [-0.25, -0.2) is 9.69 Å². The number of anilines is 1. The van der Waals surface area contributed by atoms with Crippen molar-refractivity contribution in [1.29, 1.82) is 0 Å².